The van der Waals surface area contributed by atoms with Crippen LogP contribution in [0.25, 0.3) is 0 Å². The average Bonchev–Trinajstić information content (AvgIpc) is 2.84. The topological polar surface area (TPSA) is 79.0 Å². The summed E-state index contributed by atoms with van der Waals surface area (Å²) in [6.45, 7) is 3.33. The number of amides is 4. The second-order valence-corrected chi connectivity index (χ2v) is 4.62. The number of nitrogens with one attached hydrogen (secondary N) is 1. The molecule has 4 amide bonds. The highest BCUT2D eigenvalue weighted by molar-refractivity contribution is 5.96. The van der Waals surface area contributed by atoms with E-state index in [4.69, 9.17) is 4.74 Å². The van der Waals surface area contributed by atoms with Crippen LogP contribution in [0.1, 0.15) is 26.2 Å². The quantitative estimate of drug-likeness (QED) is 0.742. The molecular weight excluding hydrogens is 250 g/mol. The molecule has 0 aliphatic carbocycles. The summed E-state index contributed by atoms with van der Waals surface area (Å²) in [6, 6.07) is -1.35. The van der Waals surface area contributed by atoms with Gasteiger partial charge in [-0.2, -0.15) is 0 Å². The Morgan fingerprint density at radius 3 is 2.79 bits per heavy atom. The molecule has 0 aromatic heterocycles. The Balaban J connectivity index is 2.08. The van der Waals surface area contributed by atoms with E-state index in [1.807, 2.05) is 0 Å². The van der Waals surface area contributed by atoms with Crippen LogP contribution in [0, 0.1) is 0 Å². The van der Waals surface area contributed by atoms with Crippen molar-refractivity contribution in [2.24, 2.45) is 0 Å². The molecule has 2 fully saturated rings. The number of nitrogens with zero attached hydrogens (tertiary/aromatic N) is 2. The average molecular weight is 269 g/mol. The summed E-state index contributed by atoms with van der Waals surface area (Å²) in [5, 5.41) is 2.58. The van der Waals surface area contributed by atoms with Crippen LogP contribution in [0.3, 0.4) is 0 Å². The van der Waals surface area contributed by atoms with Crippen molar-refractivity contribution >= 4 is 18.0 Å². The fraction of sp³-hybridized carbons (Fsp3) is 0.750. The minimum atomic E-state index is -0.561. The first-order valence-electron chi connectivity index (χ1n) is 6.67. The SMILES string of the molecule is CCOC(=O)C1CCCCN1C(=O)N1CCNC1=O. The lowest BCUT2D eigenvalue weighted by Crippen LogP contribution is -2.54. The van der Waals surface area contributed by atoms with Gasteiger partial charge in [-0.25, -0.2) is 19.3 Å². The Hall–Kier alpha value is -1.79. The van der Waals surface area contributed by atoms with E-state index in [9.17, 15) is 14.4 Å². The molecule has 106 valence electrons. The Kier molecular flexibility index (Phi) is 4.24. The van der Waals surface area contributed by atoms with Crippen LogP contribution < -0.4 is 5.32 Å². The lowest BCUT2D eigenvalue weighted by molar-refractivity contribution is -0.149. The Labute approximate surface area is 111 Å². The van der Waals surface area contributed by atoms with Crippen molar-refractivity contribution in [2.45, 2.75) is 32.2 Å². The molecule has 2 rings (SSSR count). The summed E-state index contributed by atoms with van der Waals surface area (Å²) in [7, 11) is 0. The van der Waals surface area contributed by atoms with Crippen molar-refractivity contribution in [2.75, 3.05) is 26.2 Å². The predicted octanol–water partition coefficient (Wildman–Crippen LogP) is 0.549. The minimum Gasteiger partial charge on any atom is -0.464 e. The molecular formula is C12H19N3O4. The van der Waals surface area contributed by atoms with Gasteiger partial charge in [-0.15, -0.1) is 0 Å². The molecule has 19 heavy (non-hydrogen) atoms. The van der Waals surface area contributed by atoms with Gasteiger partial charge in [0.05, 0.1) is 6.61 Å². The lowest BCUT2D eigenvalue weighted by Gasteiger charge is -2.35. The third kappa shape index (κ3) is 2.80. The summed E-state index contributed by atoms with van der Waals surface area (Å²) in [6.07, 6.45) is 2.33. The van der Waals surface area contributed by atoms with E-state index in [1.54, 1.807) is 6.92 Å². The van der Waals surface area contributed by atoms with Crippen LogP contribution >= 0.6 is 0 Å². The monoisotopic (exact) mass is 269 g/mol. The summed E-state index contributed by atoms with van der Waals surface area (Å²) in [4.78, 5) is 38.3. The first-order valence-corrected chi connectivity index (χ1v) is 6.67. The number of likely N-dealkylation sites (tertiary alicyclic amines) is 1. The Morgan fingerprint density at radius 1 is 1.37 bits per heavy atom. The van der Waals surface area contributed by atoms with E-state index in [0.717, 1.165) is 17.7 Å². The van der Waals surface area contributed by atoms with Crippen LogP contribution in [-0.4, -0.2) is 60.1 Å². The first kappa shape index (κ1) is 13.6. The molecule has 0 aromatic rings. The second-order valence-electron chi connectivity index (χ2n) is 4.62. The molecule has 1 N–H and O–H groups in total. The van der Waals surface area contributed by atoms with Crippen molar-refractivity contribution in [1.29, 1.82) is 0 Å². The maximum atomic E-state index is 12.3. The lowest BCUT2D eigenvalue weighted by atomic mass is 10.0. The summed E-state index contributed by atoms with van der Waals surface area (Å²) < 4.78 is 5.00. The number of esters is 1. The molecule has 7 heteroatoms. The van der Waals surface area contributed by atoms with Crippen LogP contribution in [-0.2, 0) is 9.53 Å². The molecule has 0 bridgehead atoms. The first-order chi connectivity index (χ1) is 9.15. The van der Waals surface area contributed by atoms with E-state index in [1.165, 1.54) is 4.90 Å². The molecule has 7 nitrogen and oxygen atoms in total. The molecule has 0 spiro atoms. The number of urea groups is 2. The minimum absolute atomic E-state index is 0.293. The van der Waals surface area contributed by atoms with Gasteiger partial charge in [0.1, 0.15) is 6.04 Å². The number of carbonyl (C=O) groups excluding carboxylic acids is 3. The highest BCUT2D eigenvalue weighted by Crippen LogP contribution is 2.20. The molecule has 0 aromatic carbocycles. The Morgan fingerprint density at radius 2 is 2.16 bits per heavy atom. The van der Waals surface area contributed by atoms with Gasteiger partial charge in [0.2, 0.25) is 0 Å². The second kappa shape index (κ2) is 5.90. The largest absolute Gasteiger partial charge is 0.464 e. The highest BCUT2D eigenvalue weighted by atomic mass is 16.5. The van der Waals surface area contributed by atoms with Gasteiger partial charge in [-0.05, 0) is 26.2 Å². The van der Waals surface area contributed by atoms with Crippen molar-refractivity contribution in [3.05, 3.63) is 0 Å². The van der Waals surface area contributed by atoms with Gasteiger partial charge in [0.15, 0.2) is 0 Å². The van der Waals surface area contributed by atoms with Gasteiger partial charge in [-0.3, -0.25) is 0 Å². The number of rotatable bonds is 2. The van der Waals surface area contributed by atoms with Crippen molar-refractivity contribution in [1.82, 2.24) is 15.1 Å². The zero-order valence-electron chi connectivity index (χ0n) is 11.1. The number of hydrogen-bond donors (Lipinski definition) is 1. The molecule has 2 saturated heterocycles. The molecule has 0 radical (unpaired) electrons. The summed E-state index contributed by atoms with van der Waals surface area (Å²) in [5.74, 6) is -0.379. The number of piperidine rings is 1. The molecule has 2 aliphatic rings. The van der Waals surface area contributed by atoms with Gasteiger partial charge in [-0.1, -0.05) is 0 Å². The van der Waals surface area contributed by atoms with Gasteiger partial charge in [0, 0.05) is 19.6 Å². The van der Waals surface area contributed by atoms with Crippen molar-refractivity contribution in [3.63, 3.8) is 0 Å². The molecule has 2 aliphatic heterocycles. The van der Waals surface area contributed by atoms with E-state index >= 15 is 0 Å². The third-order valence-corrected chi connectivity index (χ3v) is 3.39. The van der Waals surface area contributed by atoms with Crippen molar-refractivity contribution in [3.8, 4) is 0 Å². The van der Waals surface area contributed by atoms with Crippen LogP contribution in [0.2, 0.25) is 0 Å². The number of imide groups is 1. The normalized spacial score (nSPS) is 23.2. The summed E-state index contributed by atoms with van der Waals surface area (Å²) >= 11 is 0. The zero-order chi connectivity index (χ0) is 13.8. The molecule has 1 unspecified atom stereocenters. The van der Waals surface area contributed by atoms with E-state index in [0.29, 0.717) is 32.7 Å². The fourth-order valence-electron chi connectivity index (χ4n) is 2.45. The predicted molar refractivity (Wildman–Crippen MR) is 66.5 cm³/mol. The summed E-state index contributed by atoms with van der Waals surface area (Å²) in [5.41, 5.74) is 0. The van der Waals surface area contributed by atoms with E-state index < -0.39 is 18.1 Å². The number of hydrogen-bond acceptors (Lipinski definition) is 4. The van der Waals surface area contributed by atoms with Crippen molar-refractivity contribution < 1.29 is 19.1 Å². The van der Waals surface area contributed by atoms with Crippen LogP contribution in [0.5, 0.6) is 0 Å². The number of carbonyl (C=O) groups is 3. The third-order valence-electron chi connectivity index (χ3n) is 3.39. The van der Waals surface area contributed by atoms with Crippen LogP contribution in [0.4, 0.5) is 9.59 Å². The van der Waals surface area contributed by atoms with E-state index in [-0.39, 0.29) is 5.97 Å². The number of ether oxygens (including phenoxy) is 1. The zero-order valence-corrected chi connectivity index (χ0v) is 11.1. The van der Waals surface area contributed by atoms with E-state index in [2.05, 4.69) is 5.32 Å². The smallest absolute Gasteiger partial charge is 0.328 e. The van der Waals surface area contributed by atoms with Crippen LogP contribution in [0.15, 0.2) is 0 Å². The maximum absolute atomic E-state index is 12.3. The van der Waals surface area contributed by atoms with Gasteiger partial charge < -0.3 is 15.0 Å². The molecule has 2 heterocycles. The Bertz CT molecular complexity index is 385. The highest BCUT2D eigenvalue weighted by Gasteiger charge is 2.38. The maximum Gasteiger partial charge on any atom is 0.328 e. The fourth-order valence-corrected chi connectivity index (χ4v) is 2.45. The molecule has 1 atom stereocenters. The van der Waals surface area contributed by atoms with Gasteiger partial charge >= 0.3 is 18.0 Å². The molecule has 0 saturated carbocycles. The van der Waals surface area contributed by atoms with Gasteiger partial charge in [0.25, 0.3) is 0 Å². The standard InChI is InChI=1S/C12H19N3O4/c1-2-19-10(16)9-5-3-4-7-14(9)12(18)15-8-6-13-11(15)17/h9H,2-8H2,1H3,(H,13,17).